The third-order valence-electron chi connectivity index (χ3n) is 2.51. The van der Waals surface area contributed by atoms with E-state index in [4.69, 9.17) is 11.6 Å². The second-order valence-corrected chi connectivity index (χ2v) is 4.37. The molecule has 0 aliphatic rings. The van der Waals surface area contributed by atoms with Crippen LogP contribution >= 0.6 is 11.6 Å². The second-order valence-electron chi connectivity index (χ2n) is 3.93. The molecule has 2 aromatic rings. The Morgan fingerprint density at radius 1 is 1.29 bits per heavy atom. The zero-order valence-corrected chi connectivity index (χ0v) is 10.6. The molecule has 90 valence electrons. The maximum Gasteiger partial charge on any atom is 0.203 e. The van der Waals surface area contributed by atoms with Gasteiger partial charge in [-0.15, -0.1) is 0 Å². The molecule has 0 saturated carbocycles. The lowest BCUT2D eigenvalue weighted by Gasteiger charge is -2.09. The van der Waals surface area contributed by atoms with Gasteiger partial charge in [0.05, 0.1) is 6.54 Å². The maximum atomic E-state index is 5.86. The number of anilines is 1. The van der Waals surface area contributed by atoms with Crippen molar-refractivity contribution in [1.82, 2.24) is 9.55 Å². The van der Waals surface area contributed by atoms with E-state index in [1.807, 2.05) is 36.7 Å². The van der Waals surface area contributed by atoms with Crippen LogP contribution in [-0.4, -0.2) is 16.1 Å². The van der Waals surface area contributed by atoms with Crippen molar-refractivity contribution in [3.05, 3.63) is 47.2 Å². The molecule has 0 atom stereocenters. The highest BCUT2D eigenvalue weighted by Gasteiger charge is 2.02. The molecule has 0 aliphatic carbocycles. The lowest BCUT2D eigenvalue weighted by molar-refractivity contribution is 0.793. The minimum absolute atomic E-state index is 0.767. The summed E-state index contributed by atoms with van der Waals surface area (Å²) in [5.41, 5.74) is 1.21. The third kappa shape index (κ3) is 3.24. The van der Waals surface area contributed by atoms with E-state index in [0.717, 1.165) is 30.5 Å². The van der Waals surface area contributed by atoms with Crippen molar-refractivity contribution >= 4 is 17.5 Å². The summed E-state index contributed by atoms with van der Waals surface area (Å²) in [6.45, 7) is 3.89. The second kappa shape index (κ2) is 5.73. The van der Waals surface area contributed by atoms with Crippen LogP contribution < -0.4 is 5.32 Å². The molecular formula is C13H16ClN3. The fraction of sp³-hybridized carbons (Fsp3) is 0.308. The summed E-state index contributed by atoms with van der Waals surface area (Å²) in [5, 5.41) is 4.07. The minimum Gasteiger partial charge on any atom is -0.356 e. The van der Waals surface area contributed by atoms with E-state index < -0.39 is 0 Å². The molecule has 0 aliphatic heterocycles. The van der Waals surface area contributed by atoms with Crippen molar-refractivity contribution in [2.24, 2.45) is 0 Å². The van der Waals surface area contributed by atoms with Crippen LogP contribution in [0.4, 0.5) is 5.95 Å². The van der Waals surface area contributed by atoms with Gasteiger partial charge in [-0.1, -0.05) is 30.7 Å². The standard InChI is InChI=1S/C13H16ClN3/c1-2-7-15-13-16-8-9-17(13)10-11-3-5-12(14)6-4-11/h3-6,8-9H,2,7,10H2,1H3,(H,15,16). The van der Waals surface area contributed by atoms with E-state index >= 15 is 0 Å². The number of hydrogen-bond donors (Lipinski definition) is 1. The Morgan fingerprint density at radius 3 is 2.76 bits per heavy atom. The number of benzene rings is 1. The van der Waals surface area contributed by atoms with Crippen LogP contribution in [0.1, 0.15) is 18.9 Å². The molecule has 0 saturated heterocycles. The quantitative estimate of drug-likeness (QED) is 0.880. The minimum atomic E-state index is 0.767. The van der Waals surface area contributed by atoms with Crippen molar-refractivity contribution in [2.45, 2.75) is 19.9 Å². The van der Waals surface area contributed by atoms with Gasteiger partial charge in [0.1, 0.15) is 0 Å². The molecule has 4 heteroatoms. The first-order valence-electron chi connectivity index (χ1n) is 5.79. The number of nitrogens with one attached hydrogen (secondary N) is 1. The van der Waals surface area contributed by atoms with Crippen LogP contribution in [0.5, 0.6) is 0 Å². The Kier molecular flexibility index (Phi) is 4.04. The van der Waals surface area contributed by atoms with E-state index in [2.05, 4.69) is 21.8 Å². The van der Waals surface area contributed by atoms with Gasteiger partial charge in [-0.2, -0.15) is 0 Å². The van der Waals surface area contributed by atoms with Crippen molar-refractivity contribution in [3.63, 3.8) is 0 Å². The predicted molar refractivity (Wildman–Crippen MR) is 71.6 cm³/mol. The zero-order chi connectivity index (χ0) is 12.1. The number of imidazole rings is 1. The van der Waals surface area contributed by atoms with Gasteiger partial charge in [-0.3, -0.25) is 0 Å². The van der Waals surface area contributed by atoms with Crippen LogP contribution in [0.25, 0.3) is 0 Å². The number of hydrogen-bond acceptors (Lipinski definition) is 2. The lowest BCUT2D eigenvalue weighted by Crippen LogP contribution is -2.08. The molecule has 17 heavy (non-hydrogen) atoms. The Bertz CT molecular complexity index is 462. The molecule has 0 amide bonds. The van der Waals surface area contributed by atoms with E-state index in [9.17, 15) is 0 Å². The first-order valence-corrected chi connectivity index (χ1v) is 6.17. The molecule has 1 N–H and O–H groups in total. The van der Waals surface area contributed by atoms with Crippen LogP contribution in [0.15, 0.2) is 36.7 Å². The van der Waals surface area contributed by atoms with Gasteiger partial charge < -0.3 is 9.88 Å². The van der Waals surface area contributed by atoms with Crippen LogP contribution in [-0.2, 0) is 6.54 Å². The summed E-state index contributed by atoms with van der Waals surface area (Å²) in [5.74, 6) is 0.918. The third-order valence-corrected chi connectivity index (χ3v) is 2.77. The Labute approximate surface area is 106 Å². The molecule has 0 spiro atoms. The summed E-state index contributed by atoms with van der Waals surface area (Å²) in [4.78, 5) is 4.29. The SMILES string of the molecule is CCCNc1nccn1Cc1ccc(Cl)cc1. The molecule has 3 nitrogen and oxygen atoms in total. The van der Waals surface area contributed by atoms with Gasteiger partial charge in [0.2, 0.25) is 5.95 Å². The zero-order valence-electron chi connectivity index (χ0n) is 9.86. The summed E-state index contributed by atoms with van der Waals surface area (Å²) in [6.07, 6.45) is 4.88. The van der Waals surface area contributed by atoms with Crippen molar-refractivity contribution in [3.8, 4) is 0 Å². The topological polar surface area (TPSA) is 29.9 Å². The molecule has 0 fully saturated rings. The van der Waals surface area contributed by atoms with E-state index in [0.29, 0.717) is 0 Å². The van der Waals surface area contributed by atoms with E-state index in [1.54, 1.807) is 0 Å². The molecule has 0 unspecified atom stereocenters. The average molecular weight is 250 g/mol. The Morgan fingerprint density at radius 2 is 2.06 bits per heavy atom. The Hall–Kier alpha value is -1.48. The molecular weight excluding hydrogens is 234 g/mol. The molecule has 0 bridgehead atoms. The maximum absolute atomic E-state index is 5.86. The van der Waals surface area contributed by atoms with Crippen molar-refractivity contribution in [1.29, 1.82) is 0 Å². The molecule has 2 rings (SSSR count). The van der Waals surface area contributed by atoms with Gasteiger partial charge in [0.25, 0.3) is 0 Å². The Balaban J connectivity index is 2.07. The van der Waals surface area contributed by atoms with Gasteiger partial charge in [-0.05, 0) is 24.1 Å². The predicted octanol–water partition coefficient (Wildman–Crippen LogP) is 3.41. The van der Waals surface area contributed by atoms with Crippen LogP contribution in [0.2, 0.25) is 5.02 Å². The first-order chi connectivity index (χ1) is 8.29. The average Bonchev–Trinajstić information content (AvgIpc) is 2.77. The van der Waals surface area contributed by atoms with Gasteiger partial charge in [0.15, 0.2) is 0 Å². The normalized spacial score (nSPS) is 10.5. The summed E-state index contributed by atoms with van der Waals surface area (Å²) in [6, 6.07) is 7.89. The van der Waals surface area contributed by atoms with Crippen molar-refractivity contribution in [2.75, 3.05) is 11.9 Å². The first kappa shape index (κ1) is 12.0. The van der Waals surface area contributed by atoms with Gasteiger partial charge in [-0.25, -0.2) is 4.98 Å². The van der Waals surface area contributed by atoms with Crippen LogP contribution in [0, 0.1) is 0 Å². The highest BCUT2D eigenvalue weighted by molar-refractivity contribution is 6.30. The van der Waals surface area contributed by atoms with Gasteiger partial charge in [0, 0.05) is 24.0 Å². The largest absolute Gasteiger partial charge is 0.356 e. The lowest BCUT2D eigenvalue weighted by atomic mass is 10.2. The molecule has 1 heterocycles. The molecule has 0 radical (unpaired) electrons. The monoisotopic (exact) mass is 249 g/mol. The highest BCUT2D eigenvalue weighted by Crippen LogP contribution is 2.13. The number of rotatable bonds is 5. The summed E-state index contributed by atoms with van der Waals surface area (Å²) < 4.78 is 2.10. The summed E-state index contributed by atoms with van der Waals surface area (Å²) >= 11 is 5.86. The van der Waals surface area contributed by atoms with Crippen molar-refractivity contribution < 1.29 is 0 Å². The highest BCUT2D eigenvalue weighted by atomic mass is 35.5. The molecule has 1 aromatic heterocycles. The van der Waals surface area contributed by atoms with E-state index in [-0.39, 0.29) is 0 Å². The number of aromatic nitrogens is 2. The smallest absolute Gasteiger partial charge is 0.203 e. The summed E-state index contributed by atoms with van der Waals surface area (Å²) in [7, 11) is 0. The number of nitrogens with zero attached hydrogens (tertiary/aromatic N) is 2. The molecule has 1 aromatic carbocycles. The fourth-order valence-corrected chi connectivity index (χ4v) is 1.75. The fourth-order valence-electron chi connectivity index (χ4n) is 1.63. The van der Waals surface area contributed by atoms with Gasteiger partial charge >= 0.3 is 0 Å². The van der Waals surface area contributed by atoms with Crippen LogP contribution in [0.3, 0.4) is 0 Å². The van der Waals surface area contributed by atoms with E-state index in [1.165, 1.54) is 5.56 Å². The number of halogens is 1.